The standard InChI is InChI=1S/C116H133BN4S2/c1-27-82(41-33-73(7)109(8,9)10)118-99-55-69(3)56-100-104(99)117(108-106(118)86-64-89-91(66-102(86)123-108)115(23,24)52-50-113(89,19)20)92-62-81(111(14,15)16)40-48-96(92)121(100)94-46-36-77(59-72(94)6)84-44-34-74(57-70(84)4)67-116(25,26)79-37-42-83(43-38-79)119-97-53-68(2)54-98-103(97)87(107-105(119)85-63-88-90(65-101(85)122-107)114(21,22)51-49-112(88,17)18)61-78-60-80(110(11,12)13)39-47-95(78)120(98)93-45-35-76(58-71(93)5)75-31-29-28-30-32-75/h28-34,36-44,46-48,53-60,62,64-66,87-88,105,107H,27,35,45,49-52,61,63,67H2,1-26H3/b73-33+,82-41+. The first-order chi connectivity index (χ1) is 58.0. The van der Waals surface area contributed by atoms with E-state index in [0.29, 0.717) is 17.1 Å². The van der Waals surface area contributed by atoms with Crippen LogP contribution in [0.5, 0.6) is 0 Å². The van der Waals surface area contributed by atoms with Crippen molar-refractivity contribution < 1.29 is 0 Å². The minimum atomic E-state index is -0.158. The van der Waals surface area contributed by atoms with Crippen molar-refractivity contribution in [1.29, 1.82) is 0 Å². The van der Waals surface area contributed by atoms with Gasteiger partial charge in [0, 0.05) is 87.7 Å². The number of hydrogen-bond acceptors (Lipinski definition) is 6. The van der Waals surface area contributed by atoms with Crippen molar-refractivity contribution in [2.45, 2.75) is 289 Å². The zero-order valence-corrected chi connectivity index (χ0v) is 80.6. The fraction of sp³-hybridized carbons (Fsp3) is 0.414. The van der Waals surface area contributed by atoms with E-state index in [1.54, 1.807) is 16.1 Å². The molecule has 1 saturated carbocycles. The van der Waals surface area contributed by atoms with Crippen LogP contribution >= 0.6 is 23.1 Å². The summed E-state index contributed by atoms with van der Waals surface area (Å²) in [5.41, 5.74) is 46.0. The average molecular weight is 1660 g/mol. The second kappa shape index (κ2) is 29.3. The van der Waals surface area contributed by atoms with Crippen molar-refractivity contribution in [3.8, 4) is 11.1 Å². The Bertz CT molecular complexity index is 6260. The van der Waals surface area contributed by atoms with Crippen molar-refractivity contribution in [1.82, 2.24) is 0 Å². The van der Waals surface area contributed by atoms with Crippen molar-refractivity contribution in [2.75, 3.05) is 19.6 Å². The molecule has 1 aromatic heterocycles. The van der Waals surface area contributed by atoms with Gasteiger partial charge in [-0.1, -0.05) is 253 Å². The van der Waals surface area contributed by atoms with Crippen LogP contribution in [0.2, 0.25) is 0 Å². The molecule has 4 nitrogen and oxygen atoms in total. The van der Waals surface area contributed by atoms with Gasteiger partial charge in [-0.25, -0.2) is 0 Å². The van der Waals surface area contributed by atoms with Gasteiger partial charge in [-0.15, -0.1) is 23.1 Å². The second-order valence-electron chi connectivity index (χ2n) is 45.3. The first kappa shape index (κ1) is 83.5. The Kier molecular flexibility index (Phi) is 19.9. The normalized spacial score (nSPS) is 21.2. The second-order valence-corrected chi connectivity index (χ2v) is 47.6. The Balaban J connectivity index is 0.677. The molecule has 123 heavy (non-hydrogen) atoms. The van der Waals surface area contributed by atoms with Crippen LogP contribution in [-0.4, -0.2) is 18.0 Å². The number of rotatable bonds is 11. The molecule has 0 radical (unpaired) electrons. The maximum Gasteiger partial charge on any atom is 0.264 e. The molecule has 0 amide bonds. The van der Waals surface area contributed by atoms with Gasteiger partial charge in [0.1, 0.15) is 0 Å². The van der Waals surface area contributed by atoms with E-state index in [0.717, 1.165) is 38.5 Å². The molecular formula is C116H133BN4S2. The predicted molar refractivity (Wildman–Crippen MR) is 537 cm³/mol. The van der Waals surface area contributed by atoms with Crippen molar-refractivity contribution >= 4 is 112 Å². The maximum absolute atomic E-state index is 2.90. The molecule has 4 atom stereocenters. The summed E-state index contributed by atoms with van der Waals surface area (Å²) in [7, 11) is 0. The van der Waals surface area contributed by atoms with Crippen LogP contribution in [0.4, 0.5) is 51.2 Å². The lowest BCUT2D eigenvalue weighted by atomic mass is 9.36. The fourth-order valence-corrected chi connectivity index (χ4v) is 26.4. The van der Waals surface area contributed by atoms with Gasteiger partial charge in [0.2, 0.25) is 0 Å². The molecule has 7 heteroatoms. The predicted octanol–water partition coefficient (Wildman–Crippen LogP) is 30.9. The van der Waals surface area contributed by atoms with Crippen molar-refractivity contribution in [2.24, 2.45) is 22.2 Å². The van der Waals surface area contributed by atoms with Gasteiger partial charge in [-0.3, -0.25) is 0 Å². The van der Waals surface area contributed by atoms with Crippen molar-refractivity contribution in [3.05, 3.63) is 299 Å². The Morgan fingerprint density at radius 2 is 1.20 bits per heavy atom. The lowest BCUT2D eigenvalue weighted by Gasteiger charge is -2.51. The molecule has 0 saturated heterocycles. The van der Waals surface area contributed by atoms with Crippen LogP contribution in [0.25, 0.3) is 26.8 Å². The Morgan fingerprint density at radius 3 is 1.86 bits per heavy atom. The number of benzene rings is 9. The monoisotopic (exact) mass is 1660 g/mol. The van der Waals surface area contributed by atoms with Gasteiger partial charge in [0.25, 0.3) is 6.71 Å². The van der Waals surface area contributed by atoms with E-state index in [1.165, 1.54) is 214 Å². The largest absolute Gasteiger partial charge is 0.333 e. The minimum absolute atomic E-state index is 0.00954. The van der Waals surface area contributed by atoms with E-state index in [4.69, 9.17) is 0 Å². The molecule has 0 N–H and O–H groups in total. The van der Waals surface area contributed by atoms with Crippen LogP contribution < -0.4 is 35.3 Å². The molecule has 1 fully saturated rings. The molecule has 9 aliphatic rings. The topological polar surface area (TPSA) is 13.0 Å². The molecule has 10 aromatic rings. The maximum atomic E-state index is 2.90. The number of anilines is 9. The third kappa shape index (κ3) is 13.9. The van der Waals surface area contributed by atoms with Crippen LogP contribution in [0.3, 0.4) is 0 Å². The van der Waals surface area contributed by atoms with Crippen LogP contribution in [0, 0.1) is 49.9 Å². The summed E-state index contributed by atoms with van der Waals surface area (Å²) in [5, 5.41) is 1.71. The van der Waals surface area contributed by atoms with E-state index in [1.807, 2.05) is 0 Å². The summed E-state index contributed by atoms with van der Waals surface area (Å²) in [5.74, 6) is 0.802. The van der Waals surface area contributed by atoms with Crippen LogP contribution in [0.15, 0.2) is 227 Å². The molecule has 9 aromatic carbocycles. The van der Waals surface area contributed by atoms with Crippen LogP contribution in [0.1, 0.15) is 282 Å². The quantitative estimate of drug-likeness (QED) is 0.0943. The first-order valence-corrected chi connectivity index (χ1v) is 48.3. The molecule has 0 bridgehead atoms. The number of fused-ring (bicyclic) bond motifs is 12. The number of aryl methyl sites for hydroxylation is 4. The zero-order chi connectivity index (χ0) is 87.0. The summed E-state index contributed by atoms with van der Waals surface area (Å²) >= 11 is 4.30. The molecule has 0 spiro atoms. The highest BCUT2D eigenvalue weighted by atomic mass is 32.2. The number of thiophene rings is 1. The molecule has 19 rings (SSSR count). The average Bonchev–Trinajstić information content (AvgIpc) is 1.62. The summed E-state index contributed by atoms with van der Waals surface area (Å²) in [4.78, 5) is 12.6. The number of thioether (sulfide) groups is 1. The lowest BCUT2D eigenvalue weighted by molar-refractivity contribution is 0.120. The highest BCUT2D eigenvalue weighted by Crippen LogP contribution is 2.67. The molecule has 6 heterocycles. The SMILES string of the molecule is CC/C(=C\C=C(/C)C(C)(C)C)N1c2cc(C)cc3c2B(c2cc(C(C)(C)C)ccc2N3c2ccc(-c3ccc(CC(C)(C)c4ccc(N5c6cc(C)cc7c6C(Cc6cc(C(C)(C)C)ccc6N7C6=C(C)C=C(c7ccccc7)CC6)C6SC7=C(CC8C(=C7)C(C)(C)CCC8(C)C)C65)cc4)cc3C)cc2C)c2sc3cc4c(cc3c21)C(C)(C)CCC4(C)C. The van der Waals surface area contributed by atoms with Gasteiger partial charge in [0.05, 0.1) is 17.4 Å². The van der Waals surface area contributed by atoms with Gasteiger partial charge < -0.3 is 19.6 Å². The number of nitrogens with zero attached hydrogens (tertiary/aromatic N) is 4. The molecule has 632 valence electrons. The van der Waals surface area contributed by atoms with Gasteiger partial charge >= 0.3 is 0 Å². The Morgan fingerprint density at radius 1 is 0.553 bits per heavy atom. The Labute approximate surface area is 747 Å². The third-order valence-corrected chi connectivity index (χ3v) is 34.1. The summed E-state index contributed by atoms with van der Waals surface area (Å²) in [6, 6.07) is 66.7. The Hall–Kier alpha value is -9.01. The van der Waals surface area contributed by atoms with E-state index >= 15 is 0 Å². The van der Waals surface area contributed by atoms with Crippen molar-refractivity contribution in [3.63, 3.8) is 0 Å². The van der Waals surface area contributed by atoms with Gasteiger partial charge in [-0.05, 0) is 345 Å². The molecule has 4 unspecified atom stereocenters. The summed E-state index contributed by atoms with van der Waals surface area (Å²) in [6.45, 7) is 63.1. The van der Waals surface area contributed by atoms with Gasteiger partial charge in [0.15, 0.2) is 0 Å². The van der Waals surface area contributed by atoms with E-state index in [2.05, 4.69) is 411 Å². The van der Waals surface area contributed by atoms with Gasteiger partial charge in [-0.2, -0.15) is 0 Å². The smallest absolute Gasteiger partial charge is 0.264 e. The number of allylic oxidation sites excluding steroid dienone is 10. The summed E-state index contributed by atoms with van der Waals surface area (Å²) < 4.78 is 2.86. The van der Waals surface area contributed by atoms with E-state index in [9.17, 15) is 0 Å². The number of hydrogen-bond donors (Lipinski definition) is 0. The fourth-order valence-electron chi connectivity index (χ4n) is 23.4. The lowest BCUT2D eigenvalue weighted by Crippen LogP contribution is -2.61. The highest BCUT2D eigenvalue weighted by molar-refractivity contribution is 8.04. The first-order valence-electron chi connectivity index (χ1n) is 46.6. The summed E-state index contributed by atoms with van der Waals surface area (Å²) in [6.07, 6.45) is 20.9. The molecule has 4 aliphatic carbocycles. The molecular weight excluding hydrogens is 1520 g/mol. The minimum Gasteiger partial charge on any atom is -0.333 e. The third-order valence-electron chi connectivity index (χ3n) is 31.4. The molecule has 5 aliphatic heterocycles. The zero-order valence-electron chi connectivity index (χ0n) is 79.0. The van der Waals surface area contributed by atoms with E-state index < -0.39 is 0 Å². The van der Waals surface area contributed by atoms with Crippen LogP contribution in [-0.2, 0) is 39.9 Å². The van der Waals surface area contributed by atoms with E-state index in [-0.39, 0.29) is 56.1 Å². The highest BCUT2D eigenvalue weighted by Gasteiger charge is 2.56.